The number of amides is 1. The molecule has 3 rings (SSSR count). The summed E-state index contributed by atoms with van der Waals surface area (Å²) in [5.74, 6) is 0.558. The third-order valence-corrected chi connectivity index (χ3v) is 5.38. The molecule has 5 nitrogen and oxygen atoms in total. The van der Waals surface area contributed by atoms with Gasteiger partial charge in [0.15, 0.2) is 0 Å². The van der Waals surface area contributed by atoms with Crippen molar-refractivity contribution in [3.05, 3.63) is 41.6 Å². The molecule has 2 unspecified atom stereocenters. The highest BCUT2D eigenvalue weighted by Gasteiger charge is 2.26. The van der Waals surface area contributed by atoms with Crippen LogP contribution in [0.5, 0.6) is 0 Å². The number of hydrogen-bond acceptors (Lipinski definition) is 4. The number of aliphatic hydroxyl groups is 1. The molecular formula is C21H26ClN3O2. The van der Waals surface area contributed by atoms with Crippen molar-refractivity contribution in [2.24, 2.45) is 5.92 Å². The van der Waals surface area contributed by atoms with Crippen LogP contribution in [0.1, 0.15) is 33.1 Å². The lowest BCUT2D eigenvalue weighted by Gasteiger charge is -2.24. The first kappa shape index (κ1) is 19.6. The molecule has 1 aromatic heterocycles. The van der Waals surface area contributed by atoms with Crippen LogP contribution in [0, 0.1) is 5.92 Å². The monoisotopic (exact) mass is 387 g/mol. The first-order valence-electron chi connectivity index (χ1n) is 9.35. The fourth-order valence-electron chi connectivity index (χ4n) is 3.49. The van der Waals surface area contributed by atoms with Crippen molar-refractivity contribution in [3.8, 4) is 11.1 Å². The van der Waals surface area contributed by atoms with E-state index in [1.54, 1.807) is 18.1 Å². The summed E-state index contributed by atoms with van der Waals surface area (Å²) in [6, 6.07) is 9.47. The Balaban J connectivity index is 2.03. The van der Waals surface area contributed by atoms with Gasteiger partial charge >= 0.3 is 0 Å². The van der Waals surface area contributed by atoms with E-state index in [4.69, 9.17) is 11.6 Å². The number of nitrogens with zero attached hydrogens (tertiary/aromatic N) is 2. The smallest absolute Gasteiger partial charge is 0.229 e. The average Bonchev–Trinajstić information content (AvgIpc) is 3.05. The first-order chi connectivity index (χ1) is 12.9. The van der Waals surface area contributed by atoms with Crippen LogP contribution in [0.25, 0.3) is 11.1 Å². The number of aliphatic hydroxyl groups excluding tert-OH is 1. The highest BCUT2D eigenvalue weighted by atomic mass is 35.5. The number of rotatable bonds is 5. The van der Waals surface area contributed by atoms with E-state index in [2.05, 4.69) is 10.3 Å². The highest BCUT2D eigenvalue weighted by molar-refractivity contribution is 6.33. The van der Waals surface area contributed by atoms with Crippen LogP contribution >= 0.6 is 11.6 Å². The zero-order valence-corrected chi connectivity index (χ0v) is 16.7. The van der Waals surface area contributed by atoms with Gasteiger partial charge in [-0.25, -0.2) is 4.98 Å². The van der Waals surface area contributed by atoms with Crippen LogP contribution in [-0.2, 0) is 4.79 Å². The lowest BCUT2D eigenvalue weighted by Crippen LogP contribution is -2.31. The van der Waals surface area contributed by atoms with Crippen molar-refractivity contribution in [1.82, 2.24) is 4.98 Å². The molecule has 0 radical (unpaired) electrons. The standard InChI is InChI=1S/C21H26ClN3O2/c1-13(2)21(27)25(3)18-12-23-20(24-17-9-6-10-19(17)26)11-15(18)14-7-4-5-8-16(14)22/h4-5,7-8,11-13,17,19,26H,6,9-10H2,1-3H3,(H,23,24). The first-order valence-corrected chi connectivity index (χ1v) is 9.73. The zero-order chi connectivity index (χ0) is 19.6. The van der Waals surface area contributed by atoms with E-state index in [1.807, 2.05) is 44.2 Å². The molecule has 1 heterocycles. The second-order valence-electron chi connectivity index (χ2n) is 7.37. The SMILES string of the molecule is CC(C)C(=O)N(C)c1cnc(NC2CCCC2O)cc1-c1ccccc1Cl. The summed E-state index contributed by atoms with van der Waals surface area (Å²) in [5, 5.41) is 14.0. The fraction of sp³-hybridized carbons (Fsp3) is 0.429. The second-order valence-corrected chi connectivity index (χ2v) is 7.77. The largest absolute Gasteiger partial charge is 0.391 e. The van der Waals surface area contributed by atoms with Gasteiger partial charge in [0.25, 0.3) is 0 Å². The van der Waals surface area contributed by atoms with Crippen LogP contribution in [0.15, 0.2) is 36.5 Å². The van der Waals surface area contributed by atoms with Gasteiger partial charge in [0.1, 0.15) is 5.82 Å². The van der Waals surface area contributed by atoms with Crippen molar-refractivity contribution >= 4 is 29.0 Å². The third kappa shape index (κ3) is 4.25. The molecular weight excluding hydrogens is 362 g/mol. The molecule has 0 bridgehead atoms. The Morgan fingerprint density at radius 1 is 1.30 bits per heavy atom. The van der Waals surface area contributed by atoms with Gasteiger partial charge in [-0.15, -0.1) is 0 Å². The molecule has 144 valence electrons. The van der Waals surface area contributed by atoms with Crippen LogP contribution in [0.3, 0.4) is 0 Å². The number of anilines is 2. The van der Waals surface area contributed by atoms with Gasteiger partial charge in [0.2, 0.25) is 5.91 Å². The number of carbonyl (C=O) groups excluding carboxylic acids is 1. The minimum atomic E-state index is -0.361. The Hall–Kier alpha value is -2.11. The van der Waals surface area contributed by atoms with Crippen LogP contribution in [0.2, 0.25) is 5.02 Å². The number of nitrogens with one attached hydrogen (secondary N) is 1. The van der Waals surface area contributed by atoms with E-state index < -0.39 is 0 Å². The predicted octanol–water partition coefficient (Wildman–Crippen LogP) is 4.35. The number of carbonyl (C=O) groups is 1. The molecule has 0 aliphatic heterocycles. The Kier molecular flexibility index (Phi) is 6.02. The summed E-state index contributed by atoms with van der Waals surface area (Å²) in [6.45, 7) is 3.75. The number of aromatic nitrogens is 1. The topological polar surface area (TPSA) is 65.5 Å². The maximum absolute atomic E-state index is 12.5. The lowest BCUT2D eigenvalue weighted by atomic mass is 10.0. The normalized spacial score (nSPS) is 19.3. The van der Waals surface area contributed by atoms with Gasteiger partial charge in [0.05, 0.1) is 24.0 Å². The summed E-state index contributed by atoms with van der Waals surface area (Å²) in [7, 11) is 1.76. The summed E-state index contributed by atoms with van der Waals surface area (Å²) in [4.78, 5) is 18.7. The minimum Gasteiger partial charge on any atom is -0.391 e. The summed E-state index contributed by atoms with van der Waals surface area (Å²) in [6.07, 6.45) is 4.05. The summed E-state index contributed by atoms with van der Waals surface area (Å²) < 4.78 is 0. The Morgan fingerprint density at radius 3 is 2.67 bits per heavy atom. The Bertz CT molecular complexity index is 825. The number of benzene rings is 1. The number of pyridine rings is 1. The van der Waals surface area contributed by atoms with Crippen LogP contribution < -0.4 is 10.2 Å². The Morgan fingerprint density at radius 2 is 2.04 bits per heavy atom. The molecule has 27 heavy (non-hydrogen) atoms. The molecule has 1 saturated carbocycles. The van der Waals surface area contributed by atoms with Crippen molar-refractivity contribution in [2.45, 2.75) is 45.3 Å². The van der Waals surface area contributed by atoms with E-state index in [0.29, 0.717) is 16.5 Å². The van der Waals surface area contributed by atoms with Crippen LogP contribution in [-0.4, -0.2) is 35.2 Å². The molecule has 1 aliphatic carbocycles. The second kappa shape index (κ2) is 8.28. The van der Waals surface area contributed by atoms with Crippen molar-refractivity contribution in [3.63, 3.8) is 0 Å². The number of hydrogen-bond donors (Lipinski definition) is 2. The van der Waals surface area contributed by atoms with Crippen LogP contribution in [0.4, 0.5) is 11.5 Å². The van der Waals surface area contributed by atoms with Crippen molar-refractivity contribution in [2.75, 3.05) is 17.3 Å². The van der Waals surface area contributed by atoms with Gasteiger partial charge < -0.3 is 15.3 Å². The summed E-state index contributed by atoms with van der Waals surface area (Å²) >= 11 is 6.44. The molecule has 1 amide bonds. The molecule has 0 saturated heterocycles. The molecule has 2 aromatic rings. The zero-order valence-electron chi connectivity index (χ0n) is 15.9. The quantitative estimate of drug-likeness (QED) is 0.800. The lowest BCUT2D eigenvalue weighted by molar-refractivity contribution is -0.121. The molecule has 1 aliphatic rings. The van der Waals surface area contributed by atoms with Gasteiger partial charge in [-0.05, 0) is 31.4 Å². The molecule has 2 N–H and O–H groups in total. The van der Waals surface area contributed by atoms with E-state index in [0.717, 1.165) is 30.4 Å². The average molecular weight is 388 g/mol. The molecule has 0 spiro atoms. The van der Waals surface area contributed by atoms with Gasteiger partial charge in [-0.1, -0.05) is 43.6 Å². The van der Waals surface area contributed by atoms with E-state index in [9.17, 15) is 9.90 Å². The van der Waals surface area contributed by atoms with Gasteiger partial charge in [-0.2, -0.15) is 0 Å². The predicted molar refractivity (Wildman–Crippen MR) is 110 cm³/mol. The molecule has 2 atom stereocenters. The van der Waals surface area contributed by atoms with Crippen molar-refractivity contribution < 1.29 is 9.90 Å². The molecule has 1 fully saturated rings. The van der Waals surface area contributed by atoms with E-state index in [1.165, 1.54) is 0 Å². The minimum absolute atomic E-state index is 0.00234. The van der Waals surface area contributed by atoms with E-state index in [-0.39, 0.29) is 24.0 Å². The Labute approximate surface area is 165 Å². The maximum Gasteiger partial charge on any atom is 0.229 e. The molecule has 6 heteroatoms. The van der Waals surface area contributed by atoms with Gasteiger partial charge in [-0.3, -0.25) is 4.79 Å². The fourth-order valence-corrected chi connectivity index (χ4v) is 3.73. The maximum atomic E-state index is 12.5. The van der Waals surface area contributed by atoms with Crippen molar-refractivity contribution in [1.29, 1.82) is 0 Å². The third-order valence-electron chi connectivity index (χ3n) is 5.05. The number of halogens is 1. The van der Waals surface area contributed by atoms with Gasteiger partial charge in [0, 0.05) is 29.1 Å². The van der Waals surface area contributed by atoms with E-state index >= 15 is 0 Å². The molecule has 1 aromatic carbocycles. The highest BCUT2D eigenvalue weighted by Crippen LogP contribution is 2.37. The summed E-state index contributed by atoms with van der Waals surface area (Å²) in [5.41, 5.74) is 2.39.